The van der Waals surface area contributed by atoms with E-state index in [0.29, 0.717) is 5.69 Å². The minimum Gasteiger partial charge on any atom is -0.481 e. The van der Waals surface area contributed by atoms with Gasteiger partial charge in [-0.1, -0.05) is 11.6 Å². The number of rotatable bonds is 4. The SMILES string of the molecule is Cc1ccc(N)c(C(=O)OCCC(=O)O)c1. The molecule has 1 rings (SSSR count). The Hall–Kier alpha value is -2.04. The highest BCUT2D eigenvalue weighted by Gasteiger charge is 2.11. The van der Waals surface area contributed by atoms with Crippen LogP contribution in [-0.2, 0) is 9.53 Å². The lowest BCUT2D eigenvalue weighted by Gasteiger charge is -2.06. The fourth-order valence-electron chi connectivity index (χ4n) is 1.16. The van der Waals surface area contributed by atoms with Crippen molar-refractivity contribution in [2.45, 2.75) is 13.3 Å². The molecule has 0 aliphatic heterocycles. The highest BCUT2D eigenvalue weighted by atomic mass is 16.5. The third-order valence-electron chi connectivity index (χ3n) is 1.98. The third kappa shape index (κ3) is 3.27. The molecule has 0 unspecified atom stereocenters. The van der Waals surface area contributed by atoms with E-state index < -0.39 is 11.9 Å². The summed E-state index contributed by atoms with van der Waals surface area (Å²) in [6, 6.07) is 5.00. The Bertz CT molecular complexity index is 414. The van der Waals surface area contributed by atoms with E-state index in [1.807, 2.05) is 6.92 Å². The Balaban J connectivity index is 2.65. The number of aryl methyl sites for hydroxylation is 1. The van der Waals surface area contributed by atoms with Gasteiger partial charge in [0, 0.05) is 5.69 Å². The standard InChI is InChI=1S/C11H13NO4/c1-7-2-3-9(12)8(6-7)11(15)16-5-4-10(13)14/h2-3,6H,4-5,12H2,1H3,(H,13,14). The number of carboxylic acid groups (broad SMARTS) is 1. The van der Waals surface area contributed by atoms with Gasteiger partial charge in [0.15, 0.2) is 0 Å². The molecule has 0 heterocycles. The van der Waals surface area contributed by atoms with Crippen LogP contribution in [0.3, 0.4) is 0 Å². The molecule has 0 amide bonds. The zero-order chi connectivity index (χ0) is 12.1. The quantitative estimate of drug-likeness (QED) is 0.591. The Morgan fingerprint density at radius 1 is 1.44 bits per heavy atom. The lowest BCUT2D eigenvalue weighted by molar-refractivity contribution is -0.137. The van der Waals surface area contributed by atoms with Crippen LogP contribution in [0.2, 0.25) is 0 Å². The van der Waals surface area contributed by atoms with Crippen molar-refractivity contribution in [2.75, 3.05) is 12.3 Å². The van der Waals surface area contributed by atoms with Gasteiger partial charge in [-0.15, -0.1) is 0 Å². The van der Waals surface area contributed by atoms with Gasteiger partial charge >= 0.3 is 11.9 Å². The number of nitrogen functional groups attached to an aromatic ring is 1. The van der Waals surface area contributed by atoms with Crippen molar-refractivity contribution in [1.29, 1.82) is 0 Å². The van der Waals surface area contributed by atoms with Gasteiger partial charge in [0.25, 0.3) is 0 Å². The Morgan fingerprint density at radius 3 is 2.75 bits per heavy atom. The normalized spacial score (nSPS) is 9.81. The molecule has 0 radical (unpaired) electrons. The summed E-state index contributed by atoms with van der Waals surface area (Å²) in [5.41, 5.74) is 7.09. The Morgan fingerprint density at radius 2 is 2.12 bits per heavy atom. The molecular formula is C11H13NO4. The number of nitrogens with two attached hydrogens (primary N) is 1. The van der Waals surface area contributed by atoms with Crippen LogP contribution in [0.25, 0.3) is 0 Å². The van der Waals surface area contributed by atoms with Crippen LogP contribution in [0.5, 0.6) is 0 Å². The summed E-state index contributed by atoms with van der Waals surface area (Å²) in [4.78, 5) is 21.7. The topological polar surface area (TPSA) is 89.6 Å². The molecule has 5 heteroatoms. The number of carbonyl (C=O) groups is 2. The maximum absolute atomic E-state index is 11.5. The van der Waals surface area contributed by atoms with Crippen LogP contribution in [0.1, 0.15) is 22.3 Å². The Labute approximate surface area is 92.8 Å². The summed E-state index contributed by atoms with van der Waals surface area (Å²) in [5, 5.41) is 8.38. The van der Waals surface area contributed by atoms with Crippen LogP contribution in [0.15, 0.2) is 18.2 Å². The number of hydrogen-bond donors (Lipinski definition) is 2. The first-order chi connectivity index (χ1) is 7.50. The van der Waals surface area contributed by atoms with Crippen molar-refractivity contribution in [3.05, 3.63) is 29.3 Å². The smallest absolute Gasteiger partial charge is 0.340 e. The molecule has 0 atom stereocenters. The number of aliphatic carboxylic acids is 1. The predicted molar refractivity (Wildman–Crippen MR) is 58.1 cm³/mol. The van der Waals surface area contributed by atoms with Gasteiger partial charge in [-0.25, -0.2) is 4.79 Å². The highest BCUT2D eigenvalue weighted by Crippen LogP contribution is 2.14. The molecule has 0 aliphatic rings. The second-order valence-corrected chi connectivity index (χ2v) is 3.37. The highest BCUT2D eigenvalue weighted by molar-refractivity contribution is 5.95. The van der Waals surface area contributed by atoms with Crippen LogP contribution in [0.4, 0.5) is 5.69 Å². The number of hydrogen-bond acceptors (Lipinski definition) is 4. The van der Waals surface area contributed by atoms with E-state index in [9.17, 15) is 9.59 Å². The van der Waals surface area contributed by atoms with Gasteiger partial charge in [-0.3, -0.25) is 4.79 Å². The second-order valence-electron chi connectivity index (χ2n) is 3.37. The van der Waals surface area contributed by atoms with Gasteiger partial charge in [-0.05, 0) is 19.1 Å². The molecule has 0 aliphatic carbocycles. The van der Waals surface area contributed by atoms with E-state index >= 15 is 0 Å². The number of anilines is 1. The first-order valence-electron chi connectivity index (χ1n) is 4.75. The van der Waals surface area contributed by atoms with E-state index in [1.54, 1.807) is 18.2 Å². The molecule has 86 valence electrons. The molecule has 3 N–H and O–H groups in total. The average molecular weight is 223 g/mol. The molecule has 0 fully saturated rings. The average Bonchev–Trinajstić information content (AvgIpc) is 2.21. The molecule has 1 aromatic rings. The summed E-state index contributed by atoms with van der Waals surface area (Å²) < 4.78 is 4.77. The number of carboxylic acids is 1. The summed E-state index contributed by atoms with van der Waals surface area (Å²) in [7, 11) is 0. The second kappa shape index (κ2) is 5.16. The van der Waals surface area contributed by atoms with Crippen molar-refractivity contribution < 1.29 is 19.4 Å². The number of esters is 1. The van der Waals surface area contributed by atoms with E-state index in [-0.39, 0.29) is 18.6 Å². The van der Waals surface area contributed by atoms with Crippen LogP contribution in [-0.4, -0.2) is 23.7 Å². The van der Waals surface area contributed by atoms with Gasteiger partial charge in [0.2, 0.25) is 0 Å². The third-order valence-corrected chi connectivity index (χ3v) is 1.98. The maximum atomic E-state index is 11.5. The number of carbonyl (C=O) groups excluding carboxylic acids is 1. The summed E-state index contributed by atoms with van der Waals surface area (Å²) in [6.45, 7) is 1.68. The summed E-state index contributed by atoms with van der Waals surface area (Å²) >= 11 is 0. The van der Waals surface area contributed by atoms with Crippen molar-refractivity contribution in [1.82, 2.24) is 0 Å². The lowest BCUT2D eigenvalue weighted by atomic mass is 10.1. The van der Waals surface area contributed by atoms with E-state index in [2.05, 4.69) is 0 Å². The van der Waals surface area contributed by atoms with Gasteiger partial charge in [0.05, 0.1) is 12.0 Å². The van der Waals surface area contributed by atoms with Crippen molar-refractivity contribution >= 4 is 17.6 Å². The summed E-state index contributed by atoms with van der Waals surface area (Å²) in [5.74, 6) is -1.60. The molecule has 1 aromatic carbocycles. The summed E-state index contributed by atoms with van der Waals surface area (Å²) in [6.07, 6.45) is -0.211. The number of benzene rings is 1. The van der Waals surface area contributed by atoms with Gasteiger partial charge < -0.3 is 15.6 Å². The lowest BCUT2D eigenvalue weighted by Crippen LogP contribution is -2.11. The van der Waals surface area contributed by atoms with E-state index in [4.69, 9.17) is 15.6 Å². The maximum Gasteiger partial charge on any atom is 0.340 e. The van der Waals surface area contributed by atoms with Crippen LogP contribution in [0, 0.1) is 6.92 Å². The number of ether oxygens (including phenoxy) is 1. The molecule has 0 saturated carbocycles. The zero-order valence-electron chi connectivity index (χ0n) is 8.90. The first-order valence-corrected chi connectivity index (χ1v) is 4.75. The molecular weight excluding hydrogens is 210 g/mol. The minimum absolute atomic E-state index is 0.151. The predicted octanol–water partition coefficient (Wildman–Crippen LogP) is 1.21. The van der Waals surface area contributed by atoms with Gasteiger partial charge in [-0.2, -0.15) is 0 Å². The first kappa shape index (κ1) is 12.0. The molecule has 16 heavy (non-hydrogen) atoms. The van der Waals surface area contributed by atoms with E-state index in [0.717, 1.165) is 5.56 Å². The molecule has 0 aromatic heterocycles. The van der Waals surface area contributed by atoms with Gasteiger partial charge in [0.1, 0.15) is 6.61 Å². The van der Waals surface area contributed by atoms with Crippen LogP contribution < -0.4 is 5.73 Å². The zero-order valence-corrected chi connectivity index (χ0v) is 8.90. The largest absolute Gasteiger partial charge is 0.481 e. The van der Waals surface area contributed by atoms with Crippen molar-refractivity contribution in [3.63, 3.8) is 0 Å². The van der Waals surface area contributed by atoms with Crippen molar-refractivity contribution in [3.8, 4) is 0 Å². The molecule has 0 bridgehead atoms. The van der Waals surface area contributed by atoms with E-state index in [1.165, 1.54) is 0 Å². The Kier molecular flexibility index (Phi) is 3.88. The molecule has 0 spiro atoms. The molecule has 0 saturated heterocycles. The molecule has 5 nitrogen and oxygen atoms in total. The monoisotopic (exact) mass is 223 g/mol. The minimum atomic E-state index is -1.01. The van der Waals surface area contributed by atoms with Crippen LogP contribution >= 0.6 is 0 Å². The fraction of sp³-hybridized carbons (Fsp3) is 0.273. The van der Waals surface area contributed by atoms with Crippen molar-refractivity contribution in [2.24, 2.45) is 0 Å². The fourth-order valence-corrected chi connectivity index (χ4v) is 1.16.